The molecule has 0 saturated carbocycles. The summed E-state index contributed by atoms with van der Waals surface area (Å²) in [6.45, 7) is 16.6. The van der Waals surface area contributed by atoms with Crippen molar-refractivity contribution in [3.8, 4) is 0 Å². The van der Waals surface area contributed by atoms with Gasteiger partial charge in [0.05, 0.1) is 0 Å². The van der Waals surface area contributed by atoms with Crippen LogP contribution in [0.25, 0.3) is 16.5 Å². The summed E-state index contributed by atoms with van der Waals surface area (Å²) in [6, 6.07) is 14.7. The van der Waals surface area contributed by atoms with E-state index in [4.69, 9.17) is 10.2 Å². The first-order valence-corrected chi connectivity index (χ1v) is 14.3. The molecule has 0 spiro atoms. The fraction of sp³-hybridized carbons (Fsp3) is 0.450. The SMILES string of the molecule is CC(C)(C)[NH-].Cl.Cl.[CH2-]CCO[Si](C)(C)C.[CH3-].[Si]=[Ti].c1ccc2[cH-]ccc2c1. The van der Waals surface area contributed by atoms with E-state index in [0.717, 1.165) is 13.0 Å². The summed E-state index contributed by atoms with van der Waals surface area (Å²) in [7, 11) is 1.75. The van der Waals surface area contributed by atoms with Crippen molar-refractivity contribution < 1.29 is 23.6 Å². The molecule has 2 radical (unpaired) electrons. The number of benzene rings is 1. The number of nitrogens with one attached hydrogen (secondary N) is 1. The van der Waals surface area contributed by atoms with E-state index in [1.54, 1.807) is 19.2 Å². The van der Waals surface area contributed by atoms with E-state index >= 15 is 0 Å². The van der Waals surface area contributed by atoms with Crippen LogP contribution in [0.5, 0.6) is 0 Å². The molecule has 7 heteroatoms. The molecular formula is C20H37Cl2NOSi2Ti-4. The van der Waals surface area contributed by atoms with E-state index in [9.17, 15) is 0 Å². The van der Waals surface area contributed by atoms with Crippen LogP contribution >= 0.6 is 24.8 Å². The molecule has 2 rings (SSSR count). The maximum Gasteiger partial charge on any atom is -0.0809 e. The predicted octanol–water partition coefficient (Wildman–Crippen LogP) is 7.37. The second-order valence-corrected chi connectivity index (χ2v) is 11.7. The van der Waals surface area contributed by atoms with Gasteiger partial charge in [0.25, 0.3) is 0 Å². The van der Waals surface area contributed by atoms with Gasteiger partial charge in [-0.3, -0.25) is 0 Å². The number of hydrogen-bond donors (Lipinski definition) is 0. The van der Waals surface area contributed by atoms with Gasteiger partial charge in [0.2, 0.25) is 0 Å². The van der Waals surface area contributed by atoms with Crippen molar-refractivity contribution in [2.24, 2.45) is 0 Å². The molecule has 2 aromatic rings. The van der Waals surface area contributed by atoms with E-state index in [1.165, 1.54) is 10.8 Å². The molecule has 0 atom stereocenters. The molecule has 0 aliphatic heterocycles. The van der Waals surface area contributed by atoms with Crippen LogP contribution in [0.15, 0.2) is 42.5 Å². The molecule has 2 aromatic carbocycles. The van der Waals surface area contributed by atoms with Gasteiger partial charge in [-0.2, -0.15) is 23.9 Å². The molecule has 0 aliphatic carbocycles. The fourth-order valence-electron chi connectivity index (χ4n) is 1.45. The van der Waals surface area contributed by atoms with Crippen LogP contribution in [0.3, 0.4) is 0 Å². The summed E-state index contributed by atoms with van der Waals surface area (Å²) in [5, 5.41) is 2.66. The van der Waals surface area contributed by atoms with Crippen LogP contribution in [-0.2, 0) is 23.6 Å². The Balaban J connectivity index is -0.0000000840. The minimum Gasteiger partial charge on any atom is -0.168 e. The Kier molecular flexibility index (Phi) is 29.9. The van der Waals surface area contributed by atoms with Gasteiger partial charge >= 0.3 is 26.8 Å². The monoisotopic (exact) mass is 481 g/mol. The van der Waals surface area contributed by atoms with E-state index in [1.807, 2.05) is 20.8 Å². The first-order chi connectivity index (χ1) is 11.0. The Hall–Kier alpha value is 0.478. The smallest absolute Gasteiger partial charge is 0.0809 e. The Bertz CT molecular complexity index is 504. The second-order valence-electron chi connectivity index (χ2n) is 7.22. The molecule has 0 heterocycles. The Morgan fingerprint density at radius 1 is 1.11 bits per heavy atom. The van der Waals surface area contributed by atoms with E-state index in [-0.39, 0.29) is 37.8 Å². The van der Waals surface area contributed by atoms with Gasteiger partial charge in [-0.05, 0) is 19.6 Å². The van der Waals surface area contributed by atoms with Crippen molar-refractivity contribution >= 4 is 51.5 Å². The molecule has 1 N–H and O–H groups in total. The zero-order valence-corrected chi connectivity index (χ0v) is 23.1. The quantitative estimate of drug-likeness (QED) is 0.332. The summed E-state index contributed by atoms with van der Waals surface area (Å²) < 4.78 is 5.45. The molecular weight excluding hydrogens is 445 g/mol. The Labute approximate surface area is 195 Å². The molecule has 0 aromatic heterocycles. The van der Waals surface area contributed by atoms with Crippen molar-refractivity contribution in [3.63, 3.8) is 0 Å². The average molecular weight is 482 g/mol. The van der Waals surface area contributed by atoms with E-state index in [2.05, 4.69) is 76.7 Å². The third-order valence-electron chi connectivity index (χ3n) is 2.23. The fourth-order valence-corrected chi connectivity index (χ4v) is 2.20. The van der Waals surface area contributed by atoms with Crippen LogP contribution in [-0.4, -0.2) is 28.1 Å². The van der Waals surface area contributed by atoms with E-state index in [0.29, 0.717) is 0 Å². The van der Waals surface area contributed by atoms with Crippen molar-refractivity contribution in [3.05, 3.63) is 62.5 Å². The first kappa shape index (κ1) is 38.1. The minimum absolute atomic E-state index is 0. The molecule has 0 bridgehead atoms. The van der Waals surface area contributed by atoms with Crippen LogP contribution in [0, 0.1) is 14.4 Å². The van der Waals surface area contributed by atoms with Crippen molar-refractivity contribution in [1.82, 2.24) is 0 Å². The molecule has 27 heavy (non-hydrogen) atoms. The molecule has 0 amide bonds. The molecule has 158 valence electrons. The summed E-state index contributed by atoms with van der Waals surface area (Å²) in [6.07, 6.45) is 0.893. The maximum absolute atomic E-state index is 6.94. The summed E-state index contributed by atoms with van der Waals surface area (Å²) in [5.74, 6) is 0. The Morgan fingerprint density at radius 2 is 1.56 bits per heavy atom. The summed E-state index contributed by atoms with van der Waals surface area (Å²) >= 11 is 1.81. The molecule has 0 fully saturated rings. The standard InChI is InChI=1S/C9H7.C6H15OSi.C4H10N.CH3.2ClH.Si.Ti/c1-2-5-9-7-3-6-8(9)4-1;1-5-6-7-8(2,3)4;1-4(2,3)5;;;;;/h1-7H;1,5-6H2,2-4H3;5H,1-3H3;1H3;2*1H;;/q4*-1;;;;. The van der Waals surface area contributed by atoms with Crippen LogP contribution in [0.2, 0.25) is 19.6 Å². The van der Waals surface area contributed by atoms with Gasteiger partial charge in [-0.15, -0.1) is 60.0 Å². The number of fused-ring (bicyclic) bond motifs is 1. The van der Waals surface area contributed by atoms with Gasteiger partial charge in [0, 0.05) is 6.61 Å². The molecule has 0 unspecified atom stereocenters. The third-order valence-corrected chi connectivity index (χ3v) is 3.30. The summed E-state index contributed by atoms with van der Waals surface area (Å²) in [4.78, 5) is 0. The topological polar surface area (TPSA) is 33.0 Å². The van der Waals surface area contributed by atoms with Crippen LogP contribution < -0.4 is 0 Å². The summed E-state index contributed by atoms with van der Waals surface area (Å²) in [5.41, 5.74) is 6.69. The predicted molar refractivity (Wildman–Crippen MR) is 130 cm³/mol. The zero-order valence-electron chi connectivity index (χ0n) is 17.9. The van der Waals surface area contributed by atoms with Crippen LogP contribution in [0.4, 0.5) is 0 Å². The minimum atomic E-state index is -1.22. The van der Waals surface area contributed by atoms with Crippen molar-refractivity contribution in [2.75, 3.05) is 6.61 Å². The number of hydrogen-bond acceptors (Lipinski definition) is 1. The molecule has 2 nitrogen and oxygen atoms in total. The number of halogens is 2. The van der Waals surface area contributed by atoms with Gasteiger partial charge in [0.15, 0.2) is 8.32 Å². The van der Waals surface area contributed by atoms with E-state index < -0.39 is 8.32 Å². The van der Waals surface area contributed by atoms with Crippen molar-refractivity contribution in [2.45, 2.75) is 52.4 Å². The Morgan fingerprint density at radius 3 is 1.89 bits per heavy atom. The number of rotatable bonds is 3. The van der Waals surface area contributed by atoms with Gasteiger partial charge in [0.1, 0.15) is 0 Å². The van der Waals surface area contributed by atoms with Crippen molar-refractivity contribution in [1.29, 1.82) is 0 Å². The largest absolute Gasteiger partial charge is 0.168 e. The zero-order chi connectivity index (χ0) is 19.2. The molecule has 0 saturated heterocycles. The first-order valence-electron chi connectivity index (χ1n) is 8.06. The second kappa shape index (κ2) is 21.2. The van der Waals surface area contributed by atoms with Gasteiger partial charge < -0.3 is 24.5 Å². The van der Waals surface area contributed by atoms with Gasteiger partial charge in [-0.1, -0.05) is 26.8 Å². The normalized spacial score (nSPS) is 9.30. The average Bonchev–Trinajstić information content (AvgIpc) is 2.94. The van der Waals surface area contributed by atoms with Crippen LogP contribution in [0.1, 0.15) is 27.2 Å². The molecule has 0 aliphatic rings. The van der Waals surface area contributed by atoms with Gasteiger partial charge in [-0.25, -0.2) is 0 Å². The third kappa shape index (κ3) is 31.4. The maximum atomic E-state index is 6.94.